The van der Waals surface area contributed by atoms with E-state index in [-0.39, 0.29) is 18.8 Å². The molecule has 0 fully saturated rings. The van der Waals surface area contributed by atoms with Gasteiger partial charge >= 0.3 is 0 Å². The molecule has 0 amide bonds. The van der Waals surface area contributed by atoms with Crippen molar-refractivity contribution in [3.8, 4) is 5.75 Å². The monoisotopic (exact) mass is 241 g/mol. The third-order valence-electron chi connectivity index (χ3n) is 2.06. The van der Waals surface area contributed by atoms with E-state index in [0.717, 1.165) is 11.8 Å². The van der Waals surface area contributed by atoms with Crippen molar-refractivity contribution in [1.29, 1.82) is 0 Å². The van der Waals surface area contributed by atoms with Gasteiger partial charge in [0.05, 0.1) is 13.2 Å². The summed E-state index contributed by atoms with van der Waals surface area (Å²) in [6, 6.07) is 4.36. The van der Waals surface area contributed by atoms with Gasteiger partial charge < -0.3 is 20.0 Å². The van der Waals surface area contributed by atoms with Crippen LogP contribution in [-0.2, 0) is 16.0 Å². The predicted octanol–water partition coefficient (Wildman–Crippen LogP) is 0.921. The molecule has 0 saturated carbocycles. The molecule has 17 heavy (non-hydrogen) atoms. The zero-order chi connectivity index (χ0) is 12.5. The molecule has 0 radical (unpaired) electrons. The summed E-state index contributed by atoms with van der Waals surface area (Å²) in [5, 5.41) is 0. The maximum absolute atomic E-state index is 13.3. The second-order valence-electron chi connectivity index (χ2n) is 3.39. The Morgan fingerprint density at radius 3 is 2.82 bits per heavy atom. The fourth-order valence-electron chi connectivity index (χ4n) is 1.28. The van der Waals surface area contributed by atoms with Gasteiger partial charge in [-0.3, -0.25) is 0 Å². The Morgan fingerprint density at radius 1 is 1.29 bits per heavy atom. The number of aldehydes is 1. The van der Waals surface area contributed by atoms with Gasteiger partial charge in [-0.2, -0.15) is 0 Å². The number of hydrogen-bond donors (Lipinski definition) is 1. The normalized spacial score (nSPS) is 10.2. The number of nitrogens with two attached hydrogens (primary N) is 1. The minimum Gasteiger partial charge on any atom is -0.488 e. The van der Waals surface area contributed by atoms with Gasteiger partial charge in [0, 0.05) is 13.0 Å². The van der Waals surface area contributed by atoms with E-state index in [1.165, 1.54) is 12.1 Å². The van der Waals surface area contributed by atoms with Crippen LogP contribution in [0.5, 0.6) is 5.75 Å². The smallest absolute Gasteiger partial charge is 0.165 e. The highest BCUT2D eigenvalue weighted by Gasteiger charge is 2.04. The lowest BCUT2D eigenvalue weighted by molar-refractivity contribution is -0.107. The third-order valence-corrected chi connectivity index (χ3v) is 2.06. The fraction of sp³-hybridized carbons (Fsp3) is 0.417. The number of hydrogen-bond acceptors (Lipinski definition) is 4. The quantitative estimate of drug-likeness (QED) is 0.543. The molecule has 0 heterocycles. The Hall–Kier alpha value is -1.46. The lowest BCUT2D eigenvalue weighted by Gasteiger charge is -2.08. The number of carbonyl (C=O) groups is 1. The van der Waals surface area contributed by atoms with Gasteiger partial charge in [-0.15, -0.1) is 0 Å². The standard InChI is InChI=1S/C12H16FNO3/c13-11-2-1-10(3-5-15)9-12(11)17-8-7-16-6-4-14/h1-2,5,9H,3-4,6-8,14H2. The molecular weight excluding hydrogens is 225 g/mol. The third kappa shape index (κ3) is 4.93. The Balaban J connectivity index is 2.45. The highest BCUT2D eigenvalue weighted by Crippen LogP contribution is 2.18. The minimum atomic E-state index is -0.446. The molecule has 0 aromatic heterocycles. The first-order valence-corrected chi connectivity index (χ1v) is 5.40. The highest BCUT2D eigenvalue weighted by atomic mass is 19.1. The van der Waals surface area contributed by atoms with E-state index in [0.29, 0.717) is 19.8 Å². The molecule has 0 aliphatic carbocycles. The van der Waals surface area contributed by atoms with Gasteiger partial charge in [0.25, 0.3) is 0 Å². The molecule has 5 heteroatoms. The Morgan fingerprint density at radius 2 is 2.12 bits per heavy atom. The molecule has 0 aliphatic heterocycles. The zero-order valence-corrected chi connectivity index (χ0v) is 9.52. The molecule has 0 aliphatic rings. The van der Waals surface area contributed by atoms with Gasteiger partial charge in [-0.05, 0) is 17.7 Å². The molecule has 0 atom stereocenters. The molecule has 0 saturated heterocycles. The summed E-state index contributed by atoms with van der Waals surface area (Å²) < 4.78 is 23.6. The first kappa shape index (κ1) is 13.6. The van der Waals surface area contributed by atoms with Crippen molar-refractivity contribution in [3.63, 3.8) is 0 Å². The summed E-state index contributed by atoms with van der Waals surface area (Å²) >= 11 is 0. The molecular formula is C12H16FNO3. The lowest BCUT2D eigenvalue weighted by Crippen LogP contribution is -2.13. The summed E-state index contributed by atoms with van der Waals surface area (Å²) in [6.07, 6.45) is 1.02. The topological polar surface area (TPSA) is 61.6 Å². The molecule has 0 bridgehead atoms. The van der Waals surface area contributed by atoms with Gasteiger partial charge in [-0.1, -0.05) is 6.07 Å². The van der Waals surface area contributed by atoms with Crippen molar-refractivity contribution in [2.24, 2.45) is 5.73 Å². The van der Waals surface area contributed by atoms with E-state index in [2.05, 4.69) is 0 Å². The molecule has 4 nitrogen and oxygen atoms in total. The van der Waals surface area contributed by atoms with Crippen LogP contribution < -0.4 is 10.5 Å². The second kappa shape index (κ2) is 7.76. The zero-order valence-electron chi connectivity index (χ0n) is 9.52. The Bertz CT molecular complexity index is 358. The number of benzene rings is 1. The van der Waals surface area contributed by atoms with E-state index in [9.17, 15) is 9.18 Å². The molecule has 0 unspecified atom stereocenters. The Kier molecular flexibility index (Phi) is 6.21. The molecule has 1 aromatic rings. The van der Waals surface area contributed by atoms with Gasteiger partial charge in [-0.25, -0.2) is 4.39 Å². The van der Waals surface area contributed by atoms with Crippen LogP contribution in [0.15, 0.2) is 18.2 Å². The molecule has 2 N–H and O–H groups in total. The highest BCUT2D eigenvalue weighted by molar-refractivity contribution is 5.55. The van der Waals surface area contributed by atoms with E-state index in [1.54, 1.807) is 6.07 Å². The number of rotatable bonds is 8. The number of carbonyl (C=O) groups excluding carboxylic acids is 1. The van der Waals surface area contributed by atoms with E-state index in [1.807, 2.05) is 0 Å². The number of ether oxygens (including phenoxy) is 2. The van der Waals surface area contributed by atoms with Crippen molar-refractivity contribution in [3.05, 3.63) is 29.6 Å². The first-order chi connectivity index (χ1) is 8.27. The molecule has 0 spiro atoms. The number of halogens is 1. The van der Waals surface area contributed by atoms with Crippen LogP contribution in [0.4, 0.5) is 4.39 Å². The van der Waals surface area contributed by atoms with Crippen LogP contribution in [0.25, 0.3) is 0 Å². The van der Waals surface area contributed by atoms with Crippen LogP contribution in [-0.4, -0.2) is 32.7 Å². The molecule has 1 aromatic carbocycles. The predicted molar refractivity (Wildman–Crippen MR) is 61.5 cm³/mol. The van der Waals surface area contributed by atoms with Crippen molar-refractivity contribution < 1.29 is 18.7 Å². The van der Waals surface area contributed by atoms with E-state index in [4.69, 9.17) is 15.2 Å². The summed E-state index contributed by atoms with van der Waals surface area (Å²) in [5.41, 5.74) is 5.96. The van der Waals surface area contributed by atoms with Crippen molar-refractivity contribution in [2.75, 3.05) is 26.4 Å². The summed E-state index contributed by atoms with van der Waals surface area (Å²) in [5.74, 6) is -0.306. The SMILES string of the molecule is NCCOCCOc1cc(CC=O)ccc1F. The van der Waals surface area contributed by atoms with Gasteiger partial charge in [0.2, 0.25) is 0 Å². The van der Waals surface area contributed by atoms with Crippen LogP contribution >= 0.6 is 0 Å². The molecule has 94 valence electrons. The largest absolute Gasteiger partial charge is 0.488 e. The maximum Gasteiger partial charge on any atom is 0.165 e. The molecule has 1 rings (SSSR count). The average molecular weight is 241 g/mol. The van der Waals surface area contributed by atoms with Gasteiger partial charge in [0.15, 0.2) is 11.6 Å². The minimum absolute atomic E-state index is 0.140. The summed E-state index contributed by atoms with van der Waals surface area (Å²) in [7, 11) is 0. The first-order valence-electron chi connectivity index (χ1n) is 5.40. The summed E-state index contributed by atoms with van der Waals surface area (Å²) in [6.45, 7) is 1.51. The van der Waals surface area contributed by atoms with Crippen LogP contribution in [0, 0.1) is 5.82 Å². The van der Waals surface area contributed by atoms with Crippen LogP contribution in [0.3, 0.4) is 0 Å². The van der Waals surface area contributed by atoms with E-state index >= 15 is 0 Å². The van der Waals surface area contributed by atoms with Gasteiger partial charge in [0.1, 0.15) is 12.9 Å². The van der Waals surface area contributed by atoms with E-state index < -0.39 is 5.82 Å². The average Bonchev–Trinajstić information content (AvgIpc) is 2.33. The Labute approximate surface area is 99.5 Å². The summed E-state index contributed by atoms with van der Waals surface area (Å²) in [4.78, 5) is 10.3. The van der Waals surface area contributed by atoms with Crippen molar-refractivity contribution in [2.45, 2.75) is 6.42 Å². The van der Waals surface area contributed by atoms with Crippen LogP contribution in [0.2, 0.25) is 0 Å². The van der Waals surface area contributed by atoms with Crippen LogP contribution in [0.1, 0.15) is 5.56 Å². The van der Waals surface area contributed by atoms with Crippen molar-refractivity contribution >= 4 is 6.29 Å². The lowest BCUT2D eigenvalue weighted by atomic mass is 10.1. The fourth-order valence-corrected chi connectivity index (χ4v) is 1.28. The second-order valence-corrected chi connectivity index (χ2v) is 3.39. The van der Waals surface area contributed by atoms with Crippen molar-refractivity contribution in [1.82, 2.24) is 0 Å². The maximum atomic E-state index is 13.3.